The fraction of sp³-hybridized carbons (Fsp3) is 0.500. The number of nitrogens with zero attached hydrogens (tertiary/aromatic N) is 1. The Morgan fingerprint density at radius 3 is 2.42 bits per heavy atom. The molecule has 0 aromatic heterocycles. The highest BCUT2D eigenvalue weighted by Gasteiger charge is 2.42. The van der Waals surface area contributed by atoms with Crippen LogP contribution in [0.5, 0.6) is 0 Å². The summed E-state index contributed by atoms with van der Waals surface area (Å²) in [7, 11) is 0. The molecule has 3 amide bonds. The van der Waals surface area contributed by atoms with Crippen molar-refractivity contribution in [2.75, 3.05) is 26.2 Å². The zero-order chi connectivity index (χ0) is 19.0. The molecular weight excluding hydrogens is 341 g/mol. The summed E-state index contributed by atoms with van der Waals surface area (Å²) in [6.07, 6.45) is -0.166. The number of carbonyl (C=O) groups is 3. The highest BCUT2D eigenvalue weighted by molar-refractivity contribution is 5.86. The second kappa shape index (κ2) is 9.17. The zero-order valence-corrected chi connectivity index (χ0v) is 14.8. The number of halogens is 1. The minimum absolute atomic E-state index is 0.0829. The first-order valence-electron chi connectivity index (χ1n) is 8.64. The Hall–Kier alpha value is -2.64. The van der Waals surface area contributed by atoms with Crippen LogP contribution in [0.4, 0.5) is 9.18 Å². The summed E-state index contributed by atoms with van der Waals surface area (Å²) in [4.78, 5) is 36.8. The Bertz CT molecular complexity index is 631. The van der Waals surface area contributed by atoms with Crippen LogP contribution < -0.4 is 10.6 Å². The number of nitrogens with one attached hydrogen (secondary N) is 2. The molecule has 0 saturated carbocycles. The number of ether oxygens (including phenoxy) is 1. The van der Waals surface area contributed by atoms with E-state index in [1.54, 1.807) is 6.92 Å². The molecule has 2 rings (SSSR count). The van der Waals surface area contributed by atoms with Crippen molar-refractivity contribution in [3.63, 3.8) is 0 Å². The molecule has 0 aliphatic carbocycles. The Labute approximate surface area is 151 Å². The number of benzene rings is 1. The van der Waals surface area contributed by atoms with Gasteiger partial charge in [0.2, 0.25) is 0 Å². The molecule has 1 saturated heterocycles. The van der Waals surface area contributed by atoms with Gasteiger partial charge in [-0.2, -0.15) is 0 Å². The van der Waals surface area contributed by atoms with Crippen molar-refractivity contribution in [1.82, 2.24) is 15.5 Å². The average Bonchev–Trinajstić information content (AvgIpc) is 2.66. The third-order valence-corrected chi connectivity index (χ3v) is 4.24. The molecule has 1 aliphatic heterocycles. The highest BCUT2D eigenvalue weighted by Crippen LogP contribution is 2.27. The number of esters is 1. The smallest absolute Gasteiger partial charge is 0.325 e. The van der Waals surface area contributed by atoms with Crippen molar-refractivity contribution in [2.24, 2.45) is 0 Å². The van der Waals surface area contributed by atoms with Gasteiger partial charge in [-0.1, -0.05) is 30.3 Å². The van der Waals surface area contributed by atoms with E-state index in [4.69, 9.17) is 4.74 Å². The van der Waals surface area contributed by atoms with Gasteiger partial charge in [-0.05, 0) is 12.5 Å². The molecule has 1 aliphatic rings. The fourth-order valence-corrected chi connectivity index (χ4v) is 2.70. The summed E-state index contributed by atoms with van der Waals surface area (Å²) in [5, 5.41) is 5.04. The number of carbonyl (C=O) groups excluding carboxylic acids is 3. The summed E-state index contributed by atoms with van der Waals surface area (Å²) in [6.45, 7) is 2.14. The summed E-state index contributed by atoms with van der Waals surface area (Å²) in [5.41, 5.74) is -1.10. The van der Waals surface area contributed by atoms with Crippen LogP contribution in [0.15, 0.2) is 30.3 Å². The number of likely N-dealkylation sites (tertiary alicyclic amines) is 1. The number of rotatable bonds is 6. The fourth-order valence-electron chi connectivity index (χ4n) is 2.70. The third-order valence-electron chi connectivity index (χ3n) is 4.24. The Morgan fingerprint density at radius 2 is 1.81 bits per heavy atom. The van der Waals surface area contributed by atoms with Gasteiger partial charge in [-0.25, -0.2) is 9.18 Å². The van der Waals surface area contributed by atoms with E-state index in [-0.39, 0.29) is 45.6 Å². The van der Waals surface area contributed by atoms with E-state index in [2.05, 4.69) is 10.6 Å². The lowest BCUT2D eigenvalue weighted by atomic mass is 9.92. The van der Waals surface area contributed by atoms with Crippen molar-refractivity contribution >= 4 is 17.9 Å². The van der Waals surface area contributed by atoms with Crippen molar-refractivity contribution in [3.8, 4) is 0 Å². The Balaban J connectivity index is 1.77. The first-order valence-corrected chi connectivity index (χ1v) is 8.64. The van der Waals surface area contributed by atoms with Gasteiger partial charge in [0, 0.05) is 32.5 Å². The van der Waals surface area contributed by atoms with Crippen molar-refractivity contribution in [2.45, 2.75) is 32.0 Å². The van der Waals surface area contributed by atoms with Crippen LogP contribution in [-0.2, 0) is 20.9 Å². The molecule has 142 valence electrons. The van der Waals surface area contributed by atoms with Gasteiger partial charge in [0.25, 0.3) is 5.91 Å². The quantitative estimate of drug-likeness (QED) is 0.746. The van der Waals surface area contributed by atoms with Gasteiger partial charge in [0.05, 0.1) is 6.61 Å². The monoisotopic (exact) mass is 365 g/mol. The van der Waals surface area contributed by atoms with Gasteiger partial charge < -0.3 is 20.3 Å². The predicted molar refractivity (Wildman–Crippen MR) is 93.0 cm³/mol. The first-order chi connectivity index (χ1) is 12.4. The molecule has 1 aromatic rings. The van der Waals surface area contributed by atoms with Gasteiger partial charge in [-0.3, -0.25) is 9.59 Å². The molecule has 0 radical (unpaired) electrons. The minimum Gasteiger partial charge on any atom is -0.465 e. The molecule has 7 nitrogen and oxygen atoms in total. The number of urea groups is 1. The lowest BCUT2D eigenvalue weighted by Gasteiger charge is -2.35. The third kappa shape index (κ3) is 5.44. The summed E-state index contributed by atoms with van der Waals surface area (Å²) in [5.74, 6) is -1.19. The second-order valence-corrected chi connectivity index (χ2v) is 6.08. The molecule has 8 heteroatoms. The normalized spacial score (nSPS) is 15.8. The minimum atomic E-state index is -1.99. The molecule has 26 heavy (non-hydrogen) atoms. The molecule has 0 atom stereocenters. The maximum Gasteiger partial charge on any atom is 0.325 e. The number of amides is 3. The summed E-state index contributed by atoms with van der Waals surface area (Å²) < 4.78 is 19.6. The maximum atomic E-state index is 14.9. The predicted octanol–water partition coefficient (Wildman–Crippen LogP) is 1.38. The highest BCUT2D eigenvalue weighted by atomic mass is 19.1. The van der Waals surface area contributed by atoms with E-state index >= 15 is 0 Å². The van der Waals surface area contributed by atoms with Crippen LogP contribution in [0.2, 0.25) is 0 Å². The van der Waals surface area contributed by atoms with Crippen molar-refractivity contribution < 1.29 is 23.5 Å². The average molecular weight is 365 g/mol. The van der Waals surface area contributed by atoms with Crippen LogP contribution in [0.25, 0.3) is 0 Å². The first kappa shape index (κ1) is 19.7. The second-order valence-electron chi connectivity index (χ2n) is 6.08. The Kier molecular flexibility index (Phi) is 6.94. The van der Waals surface area contributed by atoms with E-state index in [9.17, 15) is 18.8 Å². The van der Waals surface area contributed by atoms with Crippen LogP contribution in [0.3, 0.4) is 0 Å². The lowest BCUT2D eigenvalue weighted by Crippen LogP contribution is -2.54. The lowest BCUT2D eigenvalue weighted by molar-refractivity contribution is -0.141. The molecule has 0 spiro atoms. The van der Waals surface area contributed by atoms with Gasteiger partial charge in [0.15, 0.2) is 5.67 Å². The van der Waals surface area contributed by atoms with E-state index in [0.717, 1.165) is 5.56 Å². The molecule has 0 bridgehead atoms. The van der Waals surface area contributed by atoms with Gasteiger partial charge in [-0.15, -0.1) is 0 Å². The molecule has 1 aromatic carbocycles. The maximum absolute atomic E-state index is 14.9. The van der Waals surface area contributed by atoms with E-state index in [0.29, 0.717) is 0 Å². The van der Waals surface area contributed by atoms with Gasteiger partial charge >= 0.3 is 12.0 Å². The molecule has 0 unspecified atom stereocenters. The molecule has 1 fully saturated rings. The summed E-state index contributed by atoms with van der Waals surface area (Å²) in [6, 6.07) is 8.79. The van der Waals surface area contributed by atoms with E-state index < -0.39 is 23.6 Å². The van der Waals surface area contributed by atoms with Crippen molar-refractivity contribution in [3.05, 3.63) is 35.9 Å². The van der Waals surface area contributed by atoms with E-state index in [1.165, 1.54) is 4.90 Å². The van der Waals surface area contributed by atoms with E-state index in [1.807, 2.05) is 30.3 Å². The molecular formula is C18H24FN3O4. The summed E-state index contributed by atoms with van der Waals surface area (Å²) >= 11 is 0. The zero-order valence-electron chi connectivity index (χ0n) is 14.8. The number of hydrogen-bond acceptors (Lipinski definition) is 4. The number of piperidine rings is 1. The molecule has 2 N–H and O–H groups in total. The van der Waals surface area contributed by atoms with Gasteiger partial charge in [0.1, 0.15) is 6.54 Å². The topological polar surface area (TPSA) is 87.7 Å². The number of hydrogen-bond donors (Lipinski definition) is 2. The van der Waals surface area contributed by atoms with Crippen LogP contribution >= 0.6 is 0 Å². The van der Waals surface area contributed by atoms with Crippen molar-refractivity contribution in [1.29, 1.82) is 0 Å². The number of alkyl halides is 1. The largest absolute Gasteiger partial charge is 0.465 e. The Morgan fingerprint density at radius 1 is 1.15 bits per heavy atom. The SMILES string of the molecule is CCOC(=O)CNC(=O)N1CCC(F)(C(=O)NCc2ccccc2)CC1. The molecule has 1 heterocycles. The van der Waals surface area contributed by atoms with Crippen LogP contribution in [0, 0.1) is 0 Å². The standard InChI is InChI=1S/C18H24FN3O4/c1-2-26-15(23)13-21-17(25)22-10-8-18(19,9-11-22)16(24)20-12-14-6-4-3-5-7-14/h3-7H,2,8-13H2,1H3,(H,20,24)(H,21,25). The van der Waals surface area contributed by atoms with Crippen LogP contribution in [-0.4, -0.2) is 54.7 Å². The van der Waals surface area contributed by atoms with Crippen LogP contribution in [0.1, 0.15) is 25.3 Å².